The molecule has 0 bridgehead atoms. The first kappa shape index (κ1) is 13.5. The molecular weight excluding hydrogens is 220 g/mol. The van der Waals surface area contributed by atoms with E-state index in [2.05, 4.69) is 38.1 Å². The fourth-order valence-corrected chi connectivity index (χ4v) is 2.62. The molecule has 1 unspecified atom stereocenters. The number of hydrogen-bond donors (Lipinski definition) is 0. The number of ether oxygens (including phenoxy) is 1. The van der Waals surface area contributed by atoms with E-state index in [0.29, 0.717) is 5.92 Å². The van der Waals surface area contributed by atoms with Gasteiger partial charge in [0.05, 0.1) is 6.61 Å². The summed E-state index contributed by atoms with van der Waals surface area (Å²) in [5, 5.41) is 0. The predicted molar refractivity (Wildman–Crippen MR) is 77.2 cm³/mol. The summed E-state index contributed by atoms with van der Waals surface area (Å²) in [4.78, 5) is 0. The lowest BCUT2D eigenvalue weighted by molar-refractivity contribution is 0.271. The summed E-state index contributed by atoms with van der Waals surface area (Å²) >= 11 is 0. The van der Waals surface area contributed by atoms with E-state index in [1.165, 1.54) is 37.7 Å². The van der Waals surface area contributed by atoms with Gasteiger partial charge in [-0.15, -0.1) is 0 Å². The van der Waals surface area contributed by atoms with E-state index >= 15 is 0 Å². The van der Waals surface area contributed by atoms with Gasteiger partial charge in [-0.2, -0.15) is 0 Å². The predicted octanol–water partition coefficient (Wildman–Crippen LogP) is 5.16. The lowest BCUT2D eigenvalue weighted by atomic mass is 9.74. The van der Waals surface area contributed by atoms with Crippen LogP contribution < -0.4 is 4.74 Å². The van der Waals surface area contributed by atoms with Gasteiger partial charge < -0.3 is 4.74 Å². The molecule has 0 amide bonds. The smallest absolute Gasteiger partial charge is 0.119 e. The van der Waals surface area contributed by atoms with Gasteiger partial charge in [0.15, 0.2) is 0 Å². The van der Waals surface area contributed by atoms with Crippen LogP contribution in [0.3, 0.4) is 0 Å². The molecule has 1 aromatic carbocycles. The molecule has 1 aromatic rings. The highest BCUT2D eigenvalue weighted by atomic mass is 16.5. The molecule has 0 N–H and O–H groups in total. The molecule has 0 radical (unpaired) electrons. The minimum atomic E-state index is 0.716. The molecule has 0 saturated heterocycles. The molecule has 0 aromatic heterocycles. The monoisotopic (exact) mass is 246 g/mol. The Morgan fingerprint density at radius 1 is 1.17 bits per heavy atom. The standard InChI is InChI=1S/C17H26O/c1-3-4-5-13-18-17-11-9-16(10-12-17)14(2)15-7-6-8-15/h9-12,14-15H,3-8,13H2,1-2H3. The quantitative estimate of drug-likeness (QED) is 0.604. The topological polar surface area (TPSA) is 9.23 Å². The zero-order chi connectivity index (χ0) is 12.8. The average molecular weight is 246 g/mol. The van der Waals surface area contributed by atoms with Crippen LogP contribution in [0, 0.1) is 5.92 Å². The average Bonchev–Trinajstić information content (AvgIpc) is 2.33. The highest BCUT2D eigenvalue weighted by Gasteiger charge is 2.24. The molecule has 1 aliphatic rings. The highest BCUT2D eigenvalue weighted by molar-refractivity contribution is 5.29. The van der Waals surface area contributed by atoms with E-state index in [0.717, 1.165) is 24.7 Å². The summed E-state index contributed by atoms with van der Waals surface area (Å²) in [6.07, 6.45) is 7.93. The Balaban J connectivity index is 1.81. The van der Waals surface area contributed by atoms with Crippen molar-refractivity contribution in [3.63, 3.8) is 0 Å². The van der Waals surface area contributed by atoms with Crippen LogP contribution in [0.15, 0.2) is 24.3 Å². The first-order valence-electron chi connectivity index (χ1n) is 7.54. The van der Waals surface area contributed by atoms with Gasteiger partial charge in [0.25, 0.3) is 0 Å². The maximum atomic E-state index is 5.74. The maximum Gasteiger partial charge on any atom is 0.119 e. The Morgan fingerprint density at radius 2 is 1.89 bits per heavy atom. The Labute approximate surface area is 112 Å². The SMILES string of the molecule is CCCCCOc1ccc(C(C)C2CCC2)cc1. The second-order valence-electron chi connectivity index (χ2n) is 5.60. The zero-order valence-corrected chi connectivity index (χ0v) is 11.8. The molecule has 0 spiro atoms. The lowest BCUT2D eigenvalue weighted by Gasteiger charge is -2.31. The summed E-state index contributed by atoms with van der Waals surface area (Å²) in [7, 11) is 0. The second-order valence-corrected chi connectivity index (χ2v) is 5.60. The van der Waals surface area contributed by atoms with Crippen LogP contribution in [0.4, 0.5) is 0 Å². The van der Waals surface area contributed by atoms with E-state index < -0.39 is 0 Å². The Bertz CT molecular complexity index is 337. The molecule has 1 aliphatic carbocycles. The fraction of sp³-hybridized carbons (Fsp3) is 0.647. The molecule has 2 rings (SSSR count). The molecule has 1 atom stereocenters. The van der Waals surface area contributed by atoms with Crippen molar-refractivity contribution >= 4 is 0 Å². The molecule has 1 heteroatoms. The van der Waals surface area contributed by atoms with Crippen LogP contribution in [0.25, 0.3) is 0 Å². The summed E-state index contributed by atoms with van der Waals surface area (Å²) in [5.41, 5.74) is 1.47. The Kier molecular flexibility index (Phi) is 5.10. The van der Waals surface area contributed by atoms with E-state index in [4.69, 9.17) is 4.74 Å². The van der Waals surface area contributed by atoms with Crippen molar-refractivity contribution in [2.75, 3.05) is 6.61 Å². The van der Waals surface area contributed by atoms with E-state index in [-0.39, 0.29) is 0 Å². The zero-order valence-electron chi connectivity index (χ0n) is 11.8. The molecular formula is C17H26O. The van der Waals surface area contributed by atoms with Crippen molar-refractivity contribution < 1.29 is 4.74 Å². The van der Waals surface area contributed by atoms with Gasteiger partial charge in [0.1, 0.15) is 5.75 Å². The van der Waals surface area contributed by atoms with Crippen molar-refractivity contribution in [2.24, 2.45) is 5.92 Å². The maximum absolute atomic E-state index is 5.74. The fourth-order valence-electron chi connectivity index (χ4n) is 2.62. The largest absolute Gasteiger partial charge is 0.494 e. The summed E-state index contributed by atoms with van der Waals surface area (Å²) in [6.45, 7) is 5.43. The number of hydrogen-bond acceptors (Lipinski definition) is 1. The Morgan fingerprint density at radius 3 is 2.44 bits per heavy atom. The van der Waals surface area contributed by atoms with Crippen molar-refractivity contribution in [3.05, 3.63) is 29.8 Å². The number of unbranched alkanes of at least 4 members (excludes halogenated alkanes) is 2. The highest BCUT2D eigenvalue weighted by Crippen LogP contribution is 2.39. The van der Waals surface area contributed by atoms with Crippen molar-refractivity contribution in [1.29, 1.82) is 0 Å². The molecule has 1 fully saturated rings. The van der Waals surface area contributed by atoms with Crippen molar-refractivity contribution in [1.82, 2.24) is 0 Å². The summed E-state index contributed by atoms with van der Waals surface area (Å²) in [5.74, 6) is 2.66. The van der Waals surface area contributed by atoms with Gasteiger partial charge >= 0.3 is 0 Å². The van der Waals surface area contributed by atoms with Crippen LogP contribution in [0.5, 0.6) is 5.75 Å². The lowest BCUT2D eigenvalue weighted by Crippen LogP contribution is -2.17. The van der Waals surface area contributed by atoms with Gasteiger partial charge in [-0.3, -0.25) is 0 Å². The molecule has 0 heterocycles. The van der Waals surface area contributed by atoms with E-state index in [1.54, 1.807) is 0 Å². The van der Waals surface area contributed by atoms with Gasteiger partial charge in [-0.25, -0.2) is 0 Å². The third-order valence-corrected chi connectivity index (χ3v) is 4.28. The third-order valence-electron chi connectivity index (χ3n) is 4.28. The number of rotatable bonds is 7. The van der Waals surface area contributed by atoms with Gasteiger partial charge in [-0.1, -0.05) is 45.2 Å². The van der Waals surface area contributed by atoms with E-state index in [9.17, 15) is 0 Å². The molecule has 1 saturated carbocycles. The molecule has 100 valence electrons. The van der Waals surface area contributed by atoms with Gasteiger partial charge in [0, 0.05) is 0 Å². The Hall–Kier alpha value is -0.980. The van der Waals surface area contributed by atoms with Crippen LogP contribution in [0.2, 0.25) is 0 Å². The number of benzene rings is 1. The van der Waals surface area contributed by atoms with Crippen LogP contribution in [0.1, 0.15) is 63.9 Å². The van der Waals surface area contributed by atoms with Crippen LogP contribution in [-0.4, -0.2) is 6.61 Å². The first-order chi connectivity index (χ1) is 8.81. The first-order valence-corrected chi connectivity index (χ1v) is 7.54. The second kappa shape index (κ2) is 6.82. The van der Waals surface area contributed by atoms with Crippen LogP contribution in [-0.2, 0) is 0 Å². The molecule has 1 nitrogen and oxygen atoms in total. The minimum Gasteiger partial charge on any atom is -0.494 e. The molecule has 18 heavy (non-hydrogen) atoms. The van der Waals surface area contributed by atoms with Crippen LogP contribution >= 0.6 is 0 Å². The van der Waals surface area contributed by atoms with E-state index in [1.807, 2.05) is 0 Å². The summed E-state index contributed by atoms with van der Waals surface area (Å²) in [6, 6.07) is 8.77. The molecule has 0 aliphatic heterocycles. The van der Waals surface area contributed by atoms with Crippen molar-refractivity contribution in [2.45, 2.75) is 58.3 Å². The third kappa shape index (κ3) is 3.51. The van der Waals surface area contributed by atoms with Gasteiger partial charge in [0.2, 0.25) is 0 Å². The van der Waals surface area contributed by atoms with Crippen molar-refractivity contribution in [3.8, 4) is 5.75 Å². The normalized spacial score (nSPS) is 17.2. The minimum absolute atomic E-state index is 0.716. The summed E-state index contributed by atoms with van der Waals surface area (Å²) < 4.78 is 5.74. The van der Waals surface area contributed by atoms with Gasteiger partial charge in [-0.05, 0) is 48.8 Å².